The van der Waals surface area contributed by atoms with Crippen molar-refractivity contribution in [1.29, 1.82) is 5.26 Å². The highest BCUT2D eigenvalue weighted by Crippen LogP contribution is 2.20. The summed E-state index contributed by atoms with van der Waals surface area (Å²) in [5.74, 6) is -0.767. The van der Waals surface area contributed by atoms with Crippen LogP contribution in [0.15, 0.2) is 24.5 Å². The van der Waals surface area contributed by atoms with Crippen LogP contribution >= 0.6 is 0 Å². The Bertz CT molecular complexity index is 367. The molecule has 0 spiro atoms. The standard InChI is InChI=1S/C12H14N2O/c1-3-9(2)12(15)11(7-13)10-5-4-6-14-8-10/h4-6,8-9,11H,3H2,1-2H3. The minimum Gasteiger partial charge on any atom is -0.298 e. The molecule has 3 nitrogen and oxygen atoms in total. The van der Waals surface area contributed by atoms with E-state index in [1.165, 1.54) is 0 Å². The van der Waals surface area contributed by atoms with E-state index in [2.05, 4.69) is 4.98 Å². The predicted molar refractivity (Wildman–Crippen MR) is 57.1 cm³/mol. The number of nitriles is 1. The number of nitrogens with zero attached hydrogens (tertiary/aromatic N) is 2. The first kappa shape index (κ1) is 11.4. The van der Waals surface area contributed by atoms with Crippen LogP contribution in [0.1, 0.15) is 31.7 Å². The van der Waals surface area contributed by atoms with Gasteiger partial charge in [0.1, 0.15) is 5.92 Å². The number of carbonyl (C=O) groups excluding carboxylic acids is 1. The molecule has 1 heterocycles. The average Bonchev–Trinajstić information content (AvgIpc) is 2.30. The summed E-state index contributed by atoms with van der Waals surface area (Å²) in [6.45, 7) is 3.79. The topological polar surface area (TPSA) is 53.8 Å². The largest absolute Gasteiger partial charge is 0.298 e. The summed E-state index contributed by atoms with van der Waals surface area (Å²) < 4.78 is 0. The van der Waals surface area contributed by atoms with Crippen molar-refractivity contribution in [3.05, 3.63) is 30.1 Å². The van der Waals surface area contributed by atoms with Crippen LogP contribution in [0, 0.1) is 17.2 Å². The summed E-state index contributed by atoms with van der Waals surface area (Å²) in [4.78, 5) is 15.8. The molecule has 0 N–H and O–H groups in total. The fraction of sp³-hybridized carbons (Fsp3) is 0.417. The number of Topliss-reactive ketones (excluding diaryl/α,β-unsaturated/α-hetero) is 1. The van der Waals surface area contributed by atoms with Gasteiger partial charge in [-0.05, 0) is 18.1 Å². The number of hydrogen-bond acceptors (Lipinski definition) is 3. The van der Waals surface area contributed by atoms with Crippen molar-refractivity contribution in [2.45, 2.75) is 26.2 Å². The lowest BCUT2D eigenvalue weighted by atomic mass is 9.89. The molecule has 0 bridgehead atoms. The molecule has 0 saturated heterocycles. The lowest BCUT2D eigenvalue weighted by Crippen LogP contribution is -2.18. The molecule has 3 heteroatoms. The summed E-state index contributed by atoms with van der Waals surface area (Å²) in [5.41, 5.74) is 0.685. The zero-order valence-electron chi connectivity index (χ0n) is 8.97. The van der Waals surface area contributed by atoms with E-state index in [-0.39, 0.29) is 11.7 Å². The van der Waals surface area contributed by atoms with Crippen LogP contribution in [0.25, 0.3) is 0 Å². The van der Waals surface area contributed by atoms with E-state index in [4.69, 9.17) is 5.26 Å². The van der Waals surface area contributed by atoms with E-state index in [1.54, 1.807) is 24.5 Å². The first-order chi connectivity index (χ1) is 7.20. The molecule has 0 aromatic carbocycles. The van der Waals surface area contributed by atoms with Gasteiger partial charge in [0.15, 0.2) is 5.78 Å². The van der Waals surface area contributed by atoms with Crippen LogP contribution in [0.2, 0.25) is 0 Å². The molecular formula is C12H14N2O. The number of ketones is 1. The van der Waals surface area contributed by atoms with E-state index in [0.717, 1.165) is 6.42 Å². The molecule has 2 unspecified atom stereocenters. The maximum atomic E-state index is 11.9. The lowest BCUT2D eigenvalue weighted by molar-refractivity contribution is -0.122. The van der Waals surface area contributed by atoms with Gasteiger partial charge in [-0.2, -0.15) is 5.26 Å². The SMILES string of the molecule is CCC(C)C(=O)C(C#N)c1cccnc1. The summed E-state index contributed by atoms with van der Waals surface area (Å²) in [6, 6.07) is 5.55. The zero-order chi connectivity index (χ0) is 11.3. The summed E-state index contributed by atoms with van der Waals surface area (Å²) in [6.07, 6.45) is 3.97. The van der Waals surface area contributed by atoms with Gasteiger partial charge in [0.05, 0.1) is 6.07 Å². The third kappa shape index (κ3) is 2.63. The molecule has 1 aromatic rings. The third-order valence-electron chi connectivity index (χ3n) is 2.53. The van der Waals surface area contributed by atoms with Crippen molar-refractivity contribution in [2.75, 3.05) is 0 Å². The number of rotatable bonds is 4. The first-order valence-corrected chi connectivity index (χ1v) is 5.04. The van der Waals surface area contributed by atoms with Gasteiger partial charge in [-0.1, -0.05) is 19.9 Å². The zero-order valence-corrected chi connectivity index (χ0v) is 8.97. The fourth-order valence-electron chi connectivity index (χ4n) is 1.33. The van der Waals surface area contributed by atoms with Crippen LogP contribution in [0.3, 0.4) is 0 Å². The van der Waals surface area contributed by atoms with Gasteiger partial charge in [-0.25, -0.2) is 0 Å². The molecule has 2 atom stereocenters. The van der Waals surface area contributed by atoms with Gasteiger partial charge in [0.25, 0.3) is 0 Å². The Hall–Kier alpha value is -1.69. The van der Waals surface area contributed by atoms with Gasteiger partial charge in [0.2, 0.25) is 0 Å². The molecule has 0 fully saturated rings. The fourth-order valence-corrected chi connectivity index (χ4v) is 1.33. The quantitative estimate of drug-likeness (QED) is 0.752. The van der Waals surface area contributed by atoms with Crippen molar-refractivity contribution in [3.63, 3.8) is 0 Å². The monoisotopic (exact) mass is 202 g/mol. The molecular weight excluding hydrogens is 188 g/mol. The normalized spacial score (nSPS) is 13.9. The average molecular weight is 202 g/mol. The maximum Gasteiger partial charge on any atom is 0.157 e. The molecule has 1 aromatic heterocycles. The van der Waals surface area contributed by atoms with Crippen molar-refractivity contribution < 1.29 is 4.79 Å². The van der Waals surface area contributed by atoms with E-state index in [1.807, 2.05) is 19.9 Å². The van der Waals surface area contributed by atoms with Crippen LogP contribution in [0.4, 0.5) is 0 Å². The van der Waals surface area contributed by atoms with Crippen LogP contribution in [0.5, 0.6) is 0 Å². The number of aromatic nitrogens is 1. The maximum absolute atomic E-state index is 11.9. The Morgan fingerprint density at radius 2 is 2.40 bits per heavy atom. The van der Waals surface area contributed by atoms with Crippen LogP contribution in [-0.2, 0) is 4.79 Å². The van der Waals surface area contributed by atoms with Crippen molar-refractivity contribution in [3.8, 4) is 6.07 Å². The Balaban J connectivity index is 2.92. The van der Waals surface area contributed by atoms with Crippen LogP contribution < -0.4 is 0 Å². The minimum absolute atomic E-state index is 0.0204. The molecule has 78 valence electrons. The third-order valence-corrected chi connectivity index (χ3v) is 2.53. The highest BCUT2D eigenvalue weighted by atomic mass is 16.1. The Morgan fingerprint density at radius 1 is 1.67 bits per heavy atom. The molecule has 0 amide bonds. The van der Waals surface area contributed by atoms with Crippen molar-refractivity contribution >= 4 is 5.78 Å². The second-order valence-electron chi connectivity index (χ2n) is 3.56. The molecule has 0 radical (unpaired) electrons. The number of pyridine rings is 1. The second kappa shape index (κ2) is 5.26. The highest BCUT2D eigenvalue weighted by molar-refractivity contribution is 5.89. The molecule has 0 saturated carbocycles. The number of carbonyl (C=O) groups is 1. The number of hydrogen-bond donors (Lipinski definition) is 0. The lowest BCUT2D eigenvalue weighted by Gasteiger charge is -2.12. The highest BCUT2D eigenvalue weighted by Gasteiger charge is 2.24. The summed E-state index contributed by atoms with van der Waals surface area (Å²) in [7, 11) is 0. The van der Waals surface area contributed by atoms with Crippen molar-refractivity contribution in [1.82, 2.24) is 4.98 Å². The molecule has 0 aliphatic heterocycles. The second-order valence-corrected chi connectivity index (χ2v) is 3.56. The van der Waals surface area contributed by atoms with E-state index < -0.39 is 5.92 Å². The smallest absolute Gasteiger partial charge is 0.157 e. The molecule has 1 rings (SSSR count). The van der Waals surface area contributed by atoms with E-state index in [9.17, 15) is 4.79 Å². The summed E-state index contributed by atoms with van der Waals surface area (Å²) in [5, 5.41) is 9.00. The predicted octanol–water partition coefficient (Wildman–Crippen LogP) is 2.30. The Kier molecular flexibility index (Phi) is 3.99. The minimum atomic E-state index is -0.673. The van der Waals surface area contributed by atoms with Gasteiger partial charge < -0.3 is 0 Å². The molecule has 0 aliphatic rings. The van der Waals surface area contributed by atoms with Gasteiger partial charge in [0, 0.05) is 18.3 Å². The van der Waals surface area contributed by atoms with Crippen LogP contribution in [-0.4, -0.2) is 10.8 Å². The van der Waals surface area contributed by atoms with Crippen molar-refractivity contribution in [2.24, 2.45) is 5.92 Å². The molecule has 15 heavy (non-hydrogen) atoms. The van der Waals surface area contributed by atoms with E-state index in [0.29, 0.717) is 5.56 Å². The van der Waals surface area contributed by atoms with Gasteiger partial charge >= 0.3 is 0 Å². The van der Waals surface area contributed by atoms with E-state index >= 15 is 0 Å². The Labute approximate surface area is 89.8 Å². The Morgan fingerprint density at radius 3 is 2.87 bits per heavy atom. The molecule has 0 aliphatic carbocycles. The van der Waals surface area contributed by atoms with Gasteiger partial charge in [-0.3, -0.25) is 9.78 Å². The summed E-state index contributed by atoms with van der Waals surface area (Å²) >= 11 is 0. The van der Waals surface area contributed by atoms with Gasteiger partial charge in [-0.15, -0.1) is 0 Å². The first-order valence-electron chi connectivity index (χ1n) is 5.04.